The van der Waals surface area contributed by atoms with E-state index in [1.807, 2.05) is 60.7 Å². The summed E-state index contributed by atoms with van der Waals surface area (Å²) < 4.78 is 17.1. The van der Waals surface area contributed by atoms with Crippen molar-refractivity contribution < 1.29 is 24.4 Å². The van der Waals surface area contributed by atoms with E-state index in [9.17, 15) is 10.2 Å². The first-order valence-electron chi connectivity index (χ1n) is 8.51. The first-order valence-corrected chi connectivity index (χ1v) is 8.51. The number of hydrogen-bond donors (Lipinski definition) is 2. The van der Waals surface area contributed by atoms with Crippen molar-refractivity contribution in [3.63, 3.8) is 0 Å². The van der Waals surface area contributed by atoms with E-state index in [-0.39, 0.29) is 13.0 Å². The summed E-state index contributed by atoms with van der Waals surface area (Å²) in [6, 6.07) is 19.6. The Kier molecular flexibility index (Phi) is 6.55. The van der Waals surface area contributed by atoms with Crippen molar-refractivity contribution in [1.29, 1.82) is 0 Å². The van der Waals surface area contributed by atoms with Gasteiger partial charge in [-0.2, -0.15) is 0 Å². The van der Waals surface area contributed by atoms with Gasteiger partial charge in [-0.25, -0.2) is 0 Å². The monoisotopic (exact) mass is 344 g/mol. The van der Waals surface area contributed by atoms with Gasteiger partial charge >= 0.3 is 0 Å². The molecule has 4 atom stereocenters. The number of benzene rings is 2. The van der Waals surface area contributed by atoms with Crippen LogP contribution < -0.4 is 0 Å². The molecule has 2 aromatic carbocycles. The molecule has 0 saturated carbocycles. The normalized spacial score (nSPS) is 26.5. The Morgan fingerprint density at radius 1 is 0.880 bits per heavy atom. The summed E-state index contributed by atoms with van der Waals surface area (Å²) in [7, 11) is 0. The molecule has 2 N–H and O–H groups in total. The largest absolute Gasteiger partial charge is 0.390 e. The molecule has 3 rings (SSSR count). The molecule has 0 aliphatic carbocycles. The SMILES string of the molecule is OC1C[C@@H](O)[C@H](OCc2ccccc2)[C@@H](COCc2ccccc2)O1. The molecule has 5 nitrogen and oxygen atoms in total. The second-order valence-corrected chi connectivity index (χ2v) is 6.19. The Bertz CT molecular complexity index is 618. The van der Waals surface area contributed by atoms with Crippen molar-refractivity contribution in [2.45, 2.75) is 44.2 Å². The van der Waals surface area contributed by atoms with Crippen LogP contribution in [0.4, 0.5) is 0 Å². The maximum absolute atomic E-state index is 10.3. The molecule has 0 aromatic heterocycles. The van der Waals surface area contributed by atoms with E-state index >= 15 is 0 Å². The third-order valence-electron chi connectivity index (χ3n) is 4.20. The second-order valence-electron chi connectivity index (χ2n) is 6.19. The Morgan fingerprint density at radius 2 is 1.48 bits per heavy atom. The van der Waals surface area contributed by atoms with Crippen molar-refractivity contribution >= 4 is 0 Å². The van der Waals surface area contributed by atoms with Gasteiger partial charge in [0.25, 0.3) is 0 Å². The quantitative estimate of drug-likeness (QED) is 0.806. The maximum atomic E-state index is 10.3. The number of hydrogen-bond acceptors (Lipinski definition) is 5. The van der Waals surface area contributed by atoms with Gasteiger partial charge in [0.1, 0.15) is 12.2 Å². The fourth-order valence-corrected chi connectivity index (χ4v) is 2.91. The molecule has 1 fully saturated rings. The number of rotatable bonds is 7. The number of ether oxygens (including phenoxy) is 3. The lowest BCUT2D eigenvalue weighted by Crippen LogP contribution is -2.51. The third-order valence-corrected chi connectivity index (χ3v) is 4.20. The summed E-state index contributed by atoms with van der Waals surface area (Å²) in [5.74, 6) is 0. The highest BCUT2D eigenvalue weighted by Gasteiger charge is 2.38. The molecule has 1 aliphatic rings. The van der Waals surface area contributed by atoms with Crippen LogP contribution in [0.2, 0.25) is 0 Å². The average molecular weight is 344 g/mol. The van der Waals surface area contributed by atoms with E-state index < -0.39 is 24.6 Å². The highest BCUT2D eigenvalue weighted by Crippen LogP contribution is 2.23. The molecule has 2 aromatic rings. The summed E-state index contributed by atoms with van der Waals surface area (Å²) in [5.41, 5.74) is 2.07. The summed E-state index contributed by atoms with van der Waals surface area (Å²) in [5, 5.41) is 20.1. The zero-order chi connectivity index (χ0) is 17.5. The predicted molar refractivity (Wildman–Crippen MR) is 92.6 cm³/mol. The van der Waals surface area contributed by atoms with Gasteiger partial charge in [0.05, 0.1) is 25.9 Å². The standard InChI is InChI=1S/C20H24O5/c21-17-11-19(22)25-18(14-23-12-15-7-3-1-4-8-15)20(17)24-13-16-9-5-2-6-10-16/h1-10,17-22H,11-14H2/t17-,18-,19?,20+/m1/s1. The van der Waals surface area contributed by atoms with E-state index in [2.05, 4.69) is 0 Å². The fourth-order valence-electron chi connectivity index (χ4n) is 2.91. The van der Waals surface area contributed by atoms with Gasteiger partial charge in [-0.05, 0) is 11.1 Å². The average Bonchev–Trinajstić information content (AvgIpc) is 2.62. The maximum Gasteiger partial charge on any atom is 0.157 e. The van der Waals surface area contributed by atoms with Crippen LogP contribution in [0, 0.1) is 0 Å². The molecule has 0 bridgehead atoms. The van der Waals surface area contributed by atoms with E-state index in [0.717, 1.165) is 11.1 Å². The highest BCUT2D eigenvalue weighted by atomic mass is 16.6. The topological polar surface area (TPSA) is 68.2 Å². The minimum absolute atomic E-state index is 0.134. The molecule has 134 valence electrons. The van der Waals surface area contributed by atoms with E-state index in [4.69, 9.17) is 14.2 Å². The van der Waals surface area contributed by atoms with Crippen LogP contribution in [0.3, 0.4) is 0 Å². The van der Waals surface area contributed by atoms with Crippen molar-refractivity contribution in [3.8, 4) is 0 Å². The van der Waals surface area contributed by atoms with E-state index in [1.165, 1.54) is 0 Å². The van der Waals surface area contributed by atoms with Crippen LogP contribution in [0.15, 0.2) is 60.7 Å². The van der Waals surface area contributed by atoms with Gasteiger partial charge in [0.15, 0.2) is 6.29 Å². The summed E-state index contributed by atoms with van der Waals surface area (Å²) in [6.07, 6.45) is -2.73. The minimum Gasteiger partial charge on any atom is -0.390 e. The molecule has 5 heteroatoms. The van der Waals surface area contributed by atoms with Crippen molar-refractivity contribution in [1.82, 2.24) is 0 Å². The van der Waals surface area contributed by atoms with Crippen LogP contribution in [0.5, 0.6) is 0 Å². The van der Waals surface area contributed by atoms with E-state index in [0.29, 0.717) is 13.2 Å². The Morgan fingerprint density at radius 3 is 2.12 bits per heavy atom. The smallest absolute Gasteiger partial charge is 0.157 e. The fraction of sp³-hybridized carbons (Fsp3) is 0.400. The van der Waals surface area contributed by atoms with Gasteiger partial charge in [0.2, 0.25) is 0 Å². The molecule has 1 heterocycles. The lowest BCUT2D eigenvalue weighted by Gasteiger charge is -2.37. The van der Waals surface area contributed by atoms with E-state index in [1.54, 1.807) is 0 Å². The first kappa shape index (κ1) is 18.0. The highest BCUT2D eigenvalue weighted by molar-refractivity contribution is 5.14. The number of aliphatic hydroxyl groups is 2. The molecule has 0 radical (unpaired) electrons. The summed E-state index contributed by atoms with van der Waals surface area (Å²) in [4.78, 5) is 0. The van der Waals surface area contributed by atoms with Crippen LogP contribution in [-0.2, 0) is 27.4 Å². The summed E-state index contributed by atoms with van der Waals surface area (Å²) >= 11 is 0. The molecule has 0 spiro atoms. The van der Waals surface area contributed by atoms with Crippen molar-refractivity contribution in [3.05, 3.63) is 71.8 Å². The molecule has 1 unspecified atom stereocenters. The van der Waals surface area contributed by atoms with Gasteiger partial charge < -0.3 is 24.4 Å². The second kappa shape index (κ2) is 9.08. The lowest BCUT2D eigenvalue weighted by atomic mass is 10.0. The van der Waals surface area contributed by atoms with Crippen molar-refractivity contribution in [2.24, 2.45) is 0 Å². The molecular weight excluding hydrogens is 320 g/mol. The van der Waals surface area contributed by atoms with Crippen LogP contribution in [0.25, 0.3) is 0 Å². The van der Waals surface area contributed by atoms with Crippen LogP contribution in [-0.4, -0.2) is 41.4 Å². The zero-order valence-electron chi connectivity index (χ0n) is 14.0. The van der Waals surface area contributed by atoms with Gasteiger partial charge in [-0.3, -0.25) is 0 Å². The zero-order valence-corrected chi connectivity index (χ0v) is 14.0. The van der Waals surface area contributed by atoms with Gasteiger partial charge in [0, 0.05) is 6.42 Å². The van der Waals surface area contributed by atoms with Crippen LogP contribution >= 0.6 is 0 Å². The van der Waals surface area contributed by atoms with Crippen LogP contribution in [0.1, 0.15) is 17.5 Å². The molecular formula is C20H24O5. The van der Waals surface area contributed by atoms with Crippen molar-refractivity contribution in [2.75, 3.05) is 6.61 Å². The Labute approximate surface area is 147 Å². The van der Waals surface area contributed by atoms with Gasteiger partial charge in [-0.15, -0.1) is 0 Å². The predicted octanol–water partition coefficient (Wildman–Crippen LogP) is 2.26. The Balaban J connectivity index is 1.55. The summed E-state index contributed by atoms with van der Waals surface area (Å²) in [6.45, 7) is 1.05. The molecule has 1 saturated heterocycles. The Hall–Kier alpha value is -1.76. The number of aliphatic hydroxyl groups excluding tert-OH is 2. The van der Waals surface area contributed by atoms with Gasteiger partial charge in [-0.1, -0.05) is 60.7 Å². The third kappa shape index (κ3) is 5.36. The lowest BCUT2D eigenvalue weighted by molar-refractivity contribution is -0.255. The molecule has 1 aliphatic heterocycles. The first-order chi connectivity index (χ1) is 12.2. The molecule has 25 heavy (non-hydrogen) atoms. The molecule has 0 amide bonds. The minimum atomic E-state index is -1.00.